The largest absolute Gasteiger partial charge is 0.360 e. The van der Waals surface area contributed by atoms with Gasteiger partial charge in [0.25, 0.3) is 0 Å². The summed E-state index contributed by atoms with van der Waals surface area (Å²) in [4.78, 5) is 13.7. The van der Waals surface area contributed by atoms with Crippen molar-refractivity contribution in [3.63, 3.8) is 0 Å². The topological polar surface area (TPSA) is 68.0 Å². The minimum absolute atomic E-state index is 0.790. The van der Waals surface area contributed by atoms with Gasteiger partial charge in [-0.15, -0.1) is 5.10 Å². The first-order chi connectivity index (χ1) is 11.4. The number of rotatable bonds is 5. The summed E-state index contributed by atoms with van der Waals surface area (Å²) in [6.45, 7) is 0.790. The zero-order chi connectivity index (χ0) is 15.5. The van der Waals surface area contributed by atoms with Gasteiger partial charge < -0.3 is 5.32 Å². The third-order valence-electron chi connectivity index (χ3n) is 3.45. The molecule has 0 unspecified atom stereocenters. The zero-order valence-electron chi connectivity index (χ0n) is 12.3. The van der Waals surface area contributed by atoms with Gasteiger partial charge in [0.1, 0.15) is 0 Å². The Morgan fingerprint density at radius 1 is 1.04 bits per heavy atom. The van der Waals surface area contributed by atoms with Crippen LogP contribution in [0.1, 0.15) is 5.69 Å². The van der Waals surface area contributed by atoms with Crippen LogP contribution in [0, 0.1) is 0 Å². The molecule has 0 aliphatic rings. The Balaban J connectivity index is 1.50. The smallest absolute Gasteiger partial charge is 0.214 e. The molecule has 0 fully saturated rings. The number of hydrogen-bond donors (Lipinski definition) is 1. The molecule has 4 rings (SSSR count). The van der Waals surface area contributed by atoms with Crippen LogP contribution in [0.5, 0.6) is 0 Å². The van der Waals surface area contributed by atoms with E-state index in [4.69, 9.17) is 0 Å². The SMILES string of the molecule is c1ccc(CCNc2nn3c(-c4ccncc4)cnc3s2)nc1. The Morgan fingerprint density at radius 3 is 2.78 bits per heavy atom. The molecule has 0 amide bonds. The fraction of sp³-hybridized carbons (Fsp3) is 0.125. The molecule has 4 aromatic heterocycles. The highest BCUT2D eigenvalue weighted by atomic mass is 32.1. The summed E-state index contributed by atoms with van der Waals surface area (Å²) in [6.07, 6.45) is 8.06. The van der Waals surface area contributed by atoms with Crippen molar-refractivity contribution in [1.29, 1.82) is 0 Å². The van der Waals surface area contributed by atoms with Crippen molar-refractivity contribution in [3.8, 4) is 11.3 Å². The van der Waals surface area contributed by atoms with Crippen molar-refractivity contribution in [2.45, 2.75) is 6.42 Å². The van der Waals surface area contributed by atoms with Crippen LogP contribution in [-0.2, 0) is 6.42 Å². The van der Waals surface area contributed by atoms with Crippen LogP contribution in [0.2, 0.25) is 0 Å². The Labute approximate surface area is 136 Å². The quantitative estimate of drug-likeness (QED) is 0.612. The van der Waals surface area contributed by atoms with Crippen molar-refractivity contribution in [1.82, 2.24) is 24.6 Å². The lowest BCUT2D eigenvalue weighted by Crippen LogP contribution is -2.06. The molecule has 114 valence electrons. The van der Waals surface area contributed by atoms with Crippen LogP contribution in [-0.4, -0.2) is 31.1 Å². The standard InChI is InChI=1S/C16H14N6S/c1-2-7-18-13(3-1)6-10-19-15-21-22-14(11-20-16(22)23-15)12-4-8-17-9-5-12/h1-5,7-9,11H,6,10H2,(H,19,21). The second kappa shape index (κ2) is 6.13. The lowest BCUT2D eigenvalue weighted by atomic mass is 10.2. The van der Waals surface area contributed by atoms with E-state index in [-0.39, 0.29) is 0 Å². The molecular formula is C16H14N6S. The normalized spacial score (nSPS) is 11.0. The highest BCUT2D eigenvalue weighted by Crippen LogP contribution is 2.25. The van der Waals surface area contributed by atoms with E-state index in [1.54, 1.807) is 23.7 Å². The van der Waals surface area contributed by atoms with Crippen LogP contribution in [0.25, 0.3) is 16.2 Å². The summed E-state index contributed by atoms with van der Waals surface area (Å²) in [5, 5.41) is 8.80. The first-order valence-corrected chi connectivity index (χ1v) is 8.10. The Hall–Kier alpha value is -2.80. The van der Waals surface area contributed by atoms with Crippen molar-refractivity contribution in [2.75, 3.05) is 11.9 Å². The van der Waals surface area contributed by atoms with E-state index in [1.807, 2.05) is 47.2 Å². The Kier molecular flexibility index (Phi) is 3.69. The molecule has 23 heavy (non-hydrogen) atoms. The number of hydrogen-bond acceptors (Lipinski definition) is 6. The average Bonchev–Trinajstić information content (AvgIpc) is 3.17. The molecular weight excluding hydrogens is 308 g/mol. The predicted molar refractivity (Wildman–Crippen MR) is 90.5 cm³/mol. The van der Waals surface area contributed by atoms with Crippen molar-refractivity contribution < 1.29 is 0 Å². The third-order valence-corrected chi connectivity index (χ3v) is 4.33. The molecule has 0 aliphatic heterocycles. The van der Waals surface area contributed by atoms with Gasteiger partial charge in [-0.25, -0.2) is 9.50 Å². The summed E-state index contributed by atoms with van der Waals surface area (Å²) in [5.41, 5.74) is 3.09. The first-order valence-electron chi connectivity index (χ1n) is 7.29. The molecule has 6 nitrogen and oxygen atoms in total. The van der Waals surface area contributed by atoms with Gasteiger partial charge in [-0.2, -0.15) is 0 Å². The molecule has 4 heterocycles. The molecule has 0 aromatic carbocycles. The molecule has 0 atom stereocenters. The molecule has 1 N–H and O–H groups in total. The van der Waals surface area contributed by atoms with E-state index in [0.29, 0.717) is 0 Å². The van der Waals surface area contributed by atoms with Crippen LogP contribution in [0.15, 0.2) is 55.1 Å². The van der Waals surface area contributed by atoms with Gasteiger partial charge in [-0.1, -0.05) is 17.4 Å². The van der Waals surface area contributed by atoms with Gasteiger partial charge in [0, 0.05) is 42.8 Å². The first kappa shape index (κ1) is 13.8. The highest BCUT2D eigenvalue weighted by molar-refractivity contribution is 7.20. The van der Waals surface area contributed by atoms with E-state index in [0.717, 1.165) is 40.0 Å². The second-order valence-electron chi connectivity index (χ2n) is 4.98. The number of fused-ring (bicyclic) bond motifs is 1. The maximum Gasteiger partial charge on any atom is 0.214 e. The number of pyridine rings is 2. The molecule has 7 heteroatoms. The van der Waals surface area contributed by atoms with E-state index in [1.165, 1.54) is 0 Å². The van der Waals surface area contributed by atoms with Crippen molar-refractivity contribution in [2.24, 2.45) is 0 Å². The van der Waals surface area contributed by atoms with Crippen molar-refractivity contribution in [3.05, 3.63) is 60.8 Å². The van der Waals surface area contributed by atoms with Gasteiger partial charge in [-0.3, -0.25) is 9.97 Å². The van der Waals surface area contributed by atoms with Gasteiger partial charge >= 0.3 is 0 Å². The van der Waals surface area contributed by atoms with E-state index in [2.05, 4.69) is 25.4 Å². The second-order valence-corrected chi connectivity index (χ2v) is 5.93. The number of imidazole rings is 1. The number of aromatic nitrogens is 5. The minimum atomic E-state index is 0.790. The zero-order valence-corrected chi connectivity index (χ0v) is 13.1. The maximum absolute atomic E-state index is 4.60. The van der Waals surface area contributed by atoms with Gasteiger partial charge in [0.15, 0.2) is 0 Å². The van der Waals surface area contributed by atoms with E-state index >= 15 is 0 Å². The molecule has 4 aromatic rings. The van der Waals surface area contributed by atoms with E-state index < -0.39 is 0 Å². The molecule has 0 spiro atoms. The summed E-state index contributed by atoms with van der Waals surface area (Å²) < 4.78 is 1.86. The summed E-state index contributed by atoms with van der Waals surface area (Å²) in [5.74, 6) is 0. The maximum atomic E-state index is 4.60. The molecule has 0 bridgehead atoms. The molecule has 0 saturated heterocycles. The number of nitrogens with zero attached hydrogens (tertiary/aromatic N) is 5. The predicted octanol–water partition coefficient (Wildman–Crippen LogP) is 2.90. The van der Waals surface area contributed by atoms with Gasteiger partial charge in [-0.05, 0) is 24.3 Å². The summed E-state index contributed by atoms with van der Waals surface area (Å²) in [6, 6.07) is 9.86. The molecule has 0 radical (unpaired) electrons. The van der Waals surface area contributed by atoms with E-state index in [9.17, 15) is 0 Å². The van der Waals surface area contributed by atoms with Crippen molar-refractivity contribution >= 4 is 21.4 Å². The van der Waals surface area contributed by atoms with Crippen LogP contribution >= 0.6 is 11.3 Å². The number of nitrogens with one attached hydrogen (secondary N) is 1. The fourth-order valence-electron chi connectivity index (χ4n) is 2.33. The summed E-state index contributed by atoms with van der Waals surface area (Å²) >= 11 is 1.54. The third kappa shape index (κ3) is 2.91. The Morgan fingerprint density at radius 2 is 1.96 bits per heavy atom. The Bertz CT molecular complexity index is 900. The lowest BCUT2D eigenvalue weighted by molar-refractivity contribution is 0.931. The monoisotopic (exact) mass is 322 g/mol. The highest BCUT2D eigenvalue weighted by Gasteiger charge is 2.11. The van der Waals surface area contributed by atoms with Crippen LogP contribution in [0.4, 0.5) is 5.13 Å². The lowest BCUT2D eigenvalue weighted by Gasteiger charge is -2.01. The van der Waals surface area contributed by atoms with Crippen LogP contribution < -0.4 is 5.32 Å². The van der Waals surface area contributed by atoms with Gasteiger partial charge in [0.05, 0.1) is 11.9 Å². The van der Waals surface area contributed by atoms with Gasteiger partial charge in [0.2, 0.25) is 10.1 Å². The fourth-order valence-corrected chi connectivity index (χ4v) is 3.13. The molecule has 0 saturated carbocycles. The molecule has 0 aliphatic carbocycles. The minimum Gasteiger partial charge on any atom is -0.360 e. The summed E-state index contributed by atoms with van der Waals surface area (Å²) in [7, 11) is 0. The average molecular weight is 322 g/mol. The van der Waals surface area contributed by atoms with Crippen LogP contribution in [0.3, 0.4) is 0 Å². The number of anilines is 1.